The number of aromatic carboxylic acids is 1. The number of aryl methyl sites for hydroxylation is 1. The molecule has 0 bridgehead atoms. The summed E-state index contributed by atoms with van der Waals surface area (Å²) >= 11 is 7.27. The fourth-order valence-corrected chi connectivity index (χ4v) is 2.53. The molecule has 0 unspecified atom stereocenters. The SMILES string of the molecule is Cc1cccc(SCc2ncc(Cl)c(C(=O)O)n2)c1. The molecule has 4 nitrogen and oxygen atoms in total. The van der Waals surface area contributed by atoms with Crippen LogP contribution in [-0.4, -0.2) is 21.0 Å². The van der Waals surface area contributed by atoms with Crippen molar-refractivity contribution >= 4 is 29.3 Å². The molecule has 1 heterocycles. The lowest BCUT2D eigenvalue weighted by Gasteiger charge is -2.04. The van der Waals surface area contributed by atoms with Gasteiger partial charge < -0.3 is 5.11 Å². The molecule has 19 heavy (non-hydrogen) atoms. The van der Waals surface area contributed by atoms with Crippen molar-refractivity contribution in [1.82, 2.24) is 9.97 Å². The normalized spacial score (nSPS) is 10.4. The topological polar surface area (TPSA) is 63.1 Å². The maximum Gasteiger partial charge on any atom is 0.356 e. The average molecular weight is 295 g/mol. The molecular formula is C13H11ClN2O2S. The number of carbonyl (C=O) groups is 1. The first-order chi connectivity index (χ1) is 9.06. The van der Waals surface area contributed by atoms with E-state index in [1.807, 2.05) is 25.1 Å². The van der Waals surface area contributed by atoms with E-state index >= 15 is 0 Å². The van der Waals surface area contributed by atoms with Crippen molar-refractivity contribution in [2.75, 3.05) is 0 Å². The Balaban J connectivity index is 2.12. The summed E-state index contributed by atoms with van der Waals surface area (Å²) in [4.78, 5) is 20.0. The molecule has 0 aliphatic heterocycles. The Hall–Kier alpha value is -1.59. The van der Waals surface area contributed by atoms with Crippen LogP contribution in [0.2, 0.25) is 5.02 Å². The Morgan fingerprint density at radius 1 is 1.47 bits per heavy atom. The number of carboxylic acids is 1. The number of hydrogen-bond donors (Lipinski definition) is 1. The van der Waals surface area contributed by atoms with E-state index in [0.29, 0.717) is 11.6 Å². The first-order valence-corrected chi connectivity index (χ1v) is 6.87. The van der Waals surface area contributed by atoms with Gasteiger partial charge in [0.2, 0.25) is 0 Å². The maximum absolute atomic E-state index is 10.9. The molecule has 0 radical (unpaired) electrons. The molecule has 2 aromatic rings. The summed E-state index contributed by atoms with van der Waals surface area (Å²) in [5.41, 5.74) is 1.02. The highest BCUT2D eigenvalue weighted by Crippen LogP contribution is 2.23. The molecule has 0 saturated carbocycles. The summed E-state index contributed by atoms with van der Waals surface area (Å²) in [5.74, 6) is -0.191. The van der Waals surface area contributed by atoms with Crippen molar-refractivity contribution in [1.29, 1.82) is 0 Å². The molecule has 0 aliphatic carbocycles. The van der Waals surface area contributed by atoms with Gasteiger partial charge in [-0.15, -0.1) is 11.8 Å². The van der Waals surface area contributed by atoms with Gasteiger partial charge in [-0.1, -0.05) is 29.3 Å². The zero-order chi connectivity index (χ0) is 13.8. The van der Waals surface area contributed by atoms with Crippen molar-refractivity contribution < 1.29 is 9.90 Å². The smallest absolute Gasteiger partial charge is 0.356 e. The number of rotatable bonds is 4. The van der Waals surface area contributed by atoms with E-state index in [0.717, 1.165) is 4.90 Å². The number of nitrogens with zero attached hydrogens (tertiary/aromatic N) is 2. The summed E-state index contributed by atoms with van der Waals surface area (Å²) in [7, 11) is 0. The van der Waals surface area contributed by atoms with Crippen LogP contribution in [0.15, 0.2) is 35.4 Å². The Morgan fingerprint density at radius 2 is 2.26 bits per heavy atom. The summed E-state index contributed by atoms with van der Waals surface area (Å²) in [6, 6.07) is 8.04. The molecule has 0 fully saturated rings. The van der Waals surface area contributed by atoms with Crippen LogP contribution < -0.4 is 0 Å². The fourth-order valence-electron chi connectivity index (χ4n) is 1.48. The van der Waals surface area contributed by atoms with E-state index in [2.05, 4.69) is 16.0 Å². The Morgan fingerprint density at radius 3 is 2.95 bits per heavy atom. The summed E-state index contributed by atoms with van der Waals surface area (Å²) < 4.78 is 0. The minimum atomic E-state index is -1.14. The molecule has 1 aromatic heterocycles. The van der Waals surface area contributed by atoms with Crippen LogP contribution in [0.3, 0.4) is 0 Å². The molecular weight excluding hydrogens is 284 g/mol. The number of thioether (sulfide) groups is 1. The molecule has 1 aromatic carbocycles. The van der Waals surface area contributed by atoms with Crippen LogP contribution in [0.1, 0.15) is 21.9 Å². The zero-order valence-corrected chi connectivity index (χ0v) is 11.7. The molecule has 0 spiro atoms. The van der Waals surface area contributed by atoms with Gasteiger partial charge in [0.05, 0.1) is 17.0 Å². The molecule has 1 N–H and O–H groups in total. The predicted molar refractivity (Wildman–Crippen MR) is 74.7 cm³/mol. The Bertz CT molecular complexity index is 619. The zero-order valence-electron chi connectivity index (χ0n) is 10.1. The average Bonchev–Trinajstić information content (AvgIpc) is 2.37. The molecule has 98 valence electrons. The first kappa shape index (κ1) is 13.8. The Labute approximate surface area is 119 Å². The van der Waals surface area contributed by atoms with Gasteiger partial charge in [0.25, 0.3) is 0 Å². The summed E-state index contributed by atoms with van der Waals surface area (Å²) in [5, 5.41) is 8.98. The summed E-state index contributed by atoms with van der Waals surface area (Å²) in [6.45, 7) is 2.02. The van der Waals surface area contributed by atoms with Crippen molar-refractivity contribution in [3.8, 4) is 0 Å². The number of carboxylic acid groups (broad SMARTS) is 1. The molecule has 0 amide bonds. The maximum atomic E-state index is 10.9. The highest BCUT2D eigenvalue weighted by Gasteiger charge is 2.12. The highest BCUT2D eigenvalue weighted by atomic mass is 35.5. The number of halogens is 1. The third-order valence-corrected chi connectivity index (χ3v) is 3.62. The number of benzene rings is 1. The van der Waals surface area contributed by atoms with Crippen LogP contribution in [0, 0.1) is 6.92 Å². The molecule has 0 aliphatic rings. The van der Waals surface area contributed by atoms with E-state index < -0.39 is 5.97 Å². The van der Waals surface area contributed by atoms with Gasteiger partial charge >= 0.3 is 5.97 Å². The largest absolute Gasteiger partial charge is 0.476 e. The third kappa shape index (κ3) is 3.68. The second-order valence-electron chi connectivity index (χ2n) is 3.89. The third-order valence-electron chi connectivity index (χ3n) is 2.35. The monoisotopic (exact) mass is 294 g/mol. The minimum absolute atomic E-state index is 0.0526. The number of aromatic nitrogens is 2. The van der Waals surface area contributed by atoms with E-state index in [1.54, 1.807) is 11.8 Å². The van der Waals surface area contributed by atoms with E-state index in [4.69, 9.17) is 16.7 Å². The number of hydrogen-bond acceptors (Lipinski definition) is 4. The fraction of sp³-hybridized carbons (Fsp3) is 0.154. The second kappa shape index (κ2) is 6.04. The van der Waals surface area contributed by atoms with Gasteiger partial charge in [0.15, 0.2) is 5.69 Å². The predicted octanol–water partition coefficient (Wildman–Crippen LogP) is 3.43. The summed E-state index contributed by atoms with van der Waals surface area (Å²) in [6.07, 6.45) is 1.32. The quantitative estimate of drug-likeness (QED) is 0.875. The molecule has 0 atom stereocenters. The van der Waals surface area contributed by atoms with Gasteiger partial charge in [0, 0.05) is 4.90 Å². The first-order valence-electron chi connectivity index (χ1n) is 5.50. The van der Waals surface area contributed by atoms with E-state index in [1.165, 1.54) is 11.8 Å². The van der Waals surface area contributed by atoms with Crippen molar-refractivity contribution in [3.05, 3.63) is 52.6 Å². The molecule has 2 rings (SSSR count). The van der Waals surface area contributed by atoms with Gasteiger partial charge in [-0.3, -0.25) is 0 Å². The van der Waals surface area contributed by atoms with Crippen LogP contribution in [-0.2, 0) is 5.75 Å². The lowest BCUT2D eigenvalue weighted by molar-refractivity contribution is 0.0690. The molecule has 0 saturated heterocycles. The van der Waals surface area contributed by atoms with E-state index in [-0.39, 0.29) is 10.7 Å². The van der Waals surface area contributed by atoms with E-state index in [9.17, 15) is 4.79 Å². The molecule has 6 heteroatoms. The lowest BCUT2D eigenvalue weighted by Crippen LogP contribution is -2.05. The Kier molecular flexibility index (Phi) is 4.39. The van der Waals surface area contributed by atoms with Crippen LogP contribution in [0.4, 0.5) is 0 Å². The van der Waals surface area contributed by atoms with Gasteiger partial charge in [0.1, 0.15) is 5.82 Å². The van der Waals surface area contributed by atoms with Gasteiger partial charge in [-0.2, -0.15) is 0 Å². The highest BCUT2D eigenvalue weighted by molar-refractivity contribution is 7.98. The van der Waals surface area contributed by atoms with Crippen LogP contribution >= 0.6 is 23.4 Å². The van der Waals surface area contributed by atoms with Gasteiger partial charge in [-0.05, 0) is 19.1 Å². The van der Waals surface area contributed by atoms with Crippen molar-refractivity contribution in [2.45, 2.75) is 17.6 Å². The van der Waals surface area contributed by atoms with Crippen LogP contribution in [0.25, 0.3) is 0 Å². The lowest BCUT2D eigenvalue weighted by atomic mass is 10.2. The van der Waals surface area contributed by atoms with Crippen molar-refractivity contribution in [2.24, 2.45) is 0 Å². The minimum Gasteiger partial charge on any atom is -0.476 e. The van der Waals surface area contributed by atoms with Gasteiger partial charge in [-0.25, -0.2) is 14.8 Å². The second-order valence-corrected chi connectivity index (χ2v) is 5.35. The standard InChI is InChI=1S/C13H11ClN2O2S/c1-8-3-2-4-9(5-8)19-7-11-15-6-10(14)12(16-11)13(17)18/h2-6H,7H2,1H3,(H,17,18). The van der Waals surface area contributed by atoms with Crippen LogP contribution in [0.5, 0.6) is 0 Å². The van der Waals surface area contributed by atoms with Crippen molar-refractivity contribution in [3.63, 3.8) is 0 Å².